The number of benzene rings is 2. The number of anilines is 1. The Morgan fingerprint density at radius 2 is 1.86 bits per heavy atom. The molecule has 0 radical (unpaired) electrons. The van der Waals surface area contributed by atoms with E-state index in [1.54, 1.807) is 12.1 Å². The summed E-state index contributed by atoms with van der Waals surface area (Å²) in [5.41, 5.74) is 3.72. The van der Waals surface area contributed by atoms with Crippen molar-refractivity contribution in [2.45, 2.75) is 26.2 Å². The topological polar surface area (TPSA) is 103 Å². The van der Waals surface area contributed by atoms with Crippen molar-refractivity contribution in [3.63, 3.8) is 0 Å². The molecule has 0 saturated heterocycles. The standard InChI is InChI=1S/C29H26N4O4/c1-5-13-37-23-11-12-25-24(15-23)26(20-9-7-19(8-10-20)18(3)6-2)33-27(32-25)28(34)31-22-14-21(16-30-17-22)29(35)36-4/h1,7-12,14-18H,6,13H2,2-4H3,(H,31,34). The second kappa shape index (κ2) is 11.3. The molecular formula is C29H26N4O4. The maximum atomic E-state index is 13.2. The van der Waals surface area contributed by atoms with E-state index >= 15 is 0 Å². The molecule has 2 heterocycles. The Labute approximate surface area is 215 Å². The number of terminal acetylenes is 1. The van der Waals surface area contributed by atoms with Crippen LogP contribution in [0.1, 0.15) is 52.7 Å². The normalized spacial score (nSPS) is 11.4. The molecule has 0 aliphatic carbocycles. The molecule has 4 aromatic rings. The average Bonchev–Trinajstić information content (AvgIpc) is 2.94. The number of rotatable bonds is 8. The van der Waals surface area contributed by atoms with Gasteiger partial charge in [0.05, 0.1) is 35.8 Å². The molecule has 0 bridgehead atoms. The quantitative estimate of drug-likeness (QED) is 0.263. The predicted molar refractivity (Wildman–Crippen MR) is 142 cm³/mol. The van der Waals surface area contributed by atoms with Crippen LogP contribution < -0.4 is 10.1 Å². The maximum Gasteiger partial charge on any atom is 0.339 e. The van der Waals surface area contributed by atoms with Gasteiger partial charge in [-0.25, -0.2) is 14.8 Å². The van der Waals surface area contributed by atoms with Crippen LogP contribution in [-0.4, -0.2) is 40.5 Å². The lowest BCUT2D eigenvalue weighted by Crippen LogP contribution is -2.17. The highest BCUT2D eigenvalue weighted by Crippen LogP contribution is 2.31. The van der Waals surface area contributed by atoms with Crippen LogP contribution in [-0.2, 0) is 4.74 Å². The smallest absolute Gasteiger partial charge is 0.339 e. The molecule has 8 nitrogen and oxygen atoms in total. The van der Waals surface area contributed by atoms with Crippen molar-refractivity contribution in [3.8, 4) is 29.4 Å². The summed E-state index contributed by atoms with van der Waals surface area (Å²) in [5.74, 6) is 2.32. The van der Waals surface area contributed by atoms with Crippen LogP contribution in [0.4, 0.5) is 5.69 Å². The van der Waals surface area contributed by atoms with E-state index < -0.39 is 11.9 Å². The van der Waals surface area contributed by atoms with Crippen molar-refractivity contribution in [2.24, 2.45) is 0 Å². The molecule has 4 rings (SSSR count). The van der Waals surface area contributed by atoms with Crippen LogP contribution in [0.15, 0.2) is 60.9 Å². The van der Waals surface area contributed by atoms with Gasteiger partial charge in [0.2, 0.25) is 5.82 Å². The van der Waals surface area contributed by atoms with Crippen molar-refractivity contribution in [1.29, 1.82) is 0 Å². The fourth-order valence-corrected chi connectivity index (χ4v) is 3.77. The first kappa shape index (κ1) is 25.3. The monoisotopic (exact) mass is 494 g/mol. The summed E-state index contributed by atoms with van der Waals surface area (Å²) in [6.45, 7) is 4.46. The Morgan fingerprint density at radius 1 is 1.08 bits per heavy atom. The number of nitrogens with one attached hydrogen (secondary N) is 1. The SMILES string of the molecule is C#CCOc1ccc2nc(C(=O)Nc3cncc(C(=O)OC)c3)nc(-c3ccc(C(C)CC)cc3)c2c1. The molecule has 0 spiro atoms. The second-order valence-electron chi connectivity index (χ2n) is 8.41. The Balaban J connectivity index is 1.76. The van der Waals surface area contributed by atoms with Crippen LogP contribution >= 0.6 is 0 Å². The molecule has 37 heavy (non-hydrogen) atoms. The van der Waals surface area contributed by atoms with Crippen molar-refractivity contribution < 1.29 is 19.1 Å². The Hall–Kier alpha value is -4.77. The summed E-state index contributed by atoms with van der Waals surface area (Å²) in [7, 11) is 1.27. The number of carbonyl (C=O) groups is 2. The van der Waals surface area contributed by atoms with E-state index in [9.17, 15) is 9.59 Å². The fraction of sp³-hybridized carbons (Fsp3) is 0.207. The molecule has 0 saturated carbocycles. The Morgan fingerprint density at radius 3 is 2.57 bits per heavy atom. The molecule has 0 aliphatic rings. The number of esters is 1. The number of carbonyl (C=O) groups excluding carboxylic acids is 2. The van der Waals surface area contributed by atoms with Gasteiger partial charge in [0.25, 0.3) is 5.91 Å². The minimum Gasteiger partial charge on any atom is -0.481 e. The van der Waals surface area contributed by atoms with Crippen LogP contribution in [0.3, 0.4) is 0 Å². The van der Waals surface area contributed by atoms with Crippen molar-refractivity contribution >= 4 is 28.5 Å². The first-order valence-electron chi connectivity index (χ1n) is 11.8. The fourth-order valence-electron chi connectivity index (χ4n) is 3.77. The van der Waals surface area contributed by atoms with Crippen molar-refractivity contribution in [1.82, 2.24) is 15.0 Å². The van der Waals surface area contributed by atoms with Gasteiger partial charge < -0.3 is 14.8 Å². The summed E-state index contributed by atoms with van der Waals surface area (Å²) in [5, 5.41) is 3.43. The number of aromatic nitrogens is 3. The number of hydrogen-bond donors (Lipinski definition) is 1. The zero-order valence-corrected chi connectivity index (χ0v) is 20.8. The van der Waals surface area contributed by atoms with Gasteiger partial charge in [-0.1, -0.05) is 44.0 Å². The zero-order valence-electron chi connectivity index (χ0n) is 20.8. The molecule has 186 valence electrons. The molecule has 1 unspecified atom stereocenters. The summed E-state index contributed by atoms with van der Waals surface area (Å²) in [6.07, 6.45) is 9.15. The third-order valence-corrected chi connectivity index (χ3v) is 5.98. The van der Waals surface area contributed by atoms with Gasteiger partial charge in [-0.15, -0.1) is 6.42 Å². The van der Waals surface area contributed by atoms with Gasteiger partial charge in [-0.3, -0.25) is 9.78 Å². The highest BCUT2D eigenvalue weighted by atomic mass is 16.5. The van der Waals surface area contributed by atoms with Crippen LogP contribution in [0.5, 0.6) is 5.75 Å². The lowest BCUT2D eigenvalue weighted by molar-refractivity contribution is 0.0600. The van der Waals surface area contributed by atoms with Crippen LogP contribution in [0.25, 0.3) is 22.2 Å². The molecule has 0 aliphatic heterocycles. The first-order valence-corrected chi connectivity index (χ1v) is 11.8. The third kappa shape index (κ3) is 5.73. The lowest BCUT2D eigenvalue weighted by atomic mass is 9.96. The van der Waals surface area contributed by atoms with E-state index in [-0.39, 0.29) is 18.0 Å². The molecule has 1 amide bonds. The summed E-state index contributed by atoms with van der Waals surface area (Å²) < 4.78 is 10.3. The first-order chi connectivity index (χ1) is 17.9. The number of amides is 1. The number of hydrogen-bond acceptors (Lipinski definition) is 7. The third-order valence-electron chi connectivity index (χ3n) is 5.98. The van der Waals surface area contributed by atoms with Gasteiger partial charge in [0.1, 0.15) is 12.4 Å². The molecule has 1 N–H and O–H groups in total. The van der Waals surface area contributed by atoms with E-state index in [0.29, 0.717) is 28.6 Å². The van der Waals surface area contributed by atoms with Gasteiger partial charge in [0, 0.05) is 17.1 Å². The average molecular weight is 495 g/mol. The van der Waals surface area contributed by atoms with Gasteiger partial charge >= 0.3 is 5.97 Å². The molecular weight excluding hydrogens is 468 g/mol. The second-order valence-corrected chi connectivity index (χ2v) is 8.41. The molecule has 2 aromatic carbocycles. The number of ether oxygens (including phenoxy) is 2. The molecule has 1 atom stereocenters. The highest BCUT2D eigenvalue weighted by Gasteiger charge is 2.18. The van der Waals surface area contributed by atoms with Gasteiger partial charge in [-0.05, 0) is 42.2 Å². The van der Waals surface area contributed by atoms with Crippen LogP contribution in [0.2, 0.25) is 0 Å². The highest BCUT2D eigenvalue weighted by molar-refractivity contribution is 6.05. The number of fused-ring (bicyclic) bond motifs is 1. The predicted octanol–water partition coefficient (Wildman–Crippen LogP) is 5.26. The minimum atomic E-state index is -0.559. The van der Waals surface area contributed by atoms with E-state index in [1.165, 1.54) is 31.1 Å². The van der Waals surface area contributed by atoms with Crippen LogP contribution in [0, 0.1) is 12.3 Å². The van der Waals surface area contributed by atoms with E-state index in [2.05, 4.69) is 52.2 Å². The largest absolute Gasteiger partial charge is 0.481 e. The van der Waals surface area contributed by atoms with E-state index in [0.717, 1.165) is 17.4 Å². The van der Waals surface area contributed by atoms with E-state index in [1.807, 2.05) is 18.2 Å². The van der Waals surface area contributed by atoms with Crippen molar-refractivity contribution in [2.75, 3.05) is 19.0 Å². The number of methoxy groups -OCH3 is 1. The number of nitrogens with zero attached hydrogens (tertiary/aromatic N) is 3. The Kier molecular flexibility index (Phi) is 7.74. The summed E-state index contributed by atoms with van der Waals surface area (Å²) >= 11 is 0. The lowest BCUT2D eigenvalue weighted by Gasteiger charge is -2.13. The van der Waals surface area contributed by atoms with Crippen molar-refractivity contribution in [3.05, 3.63) is 77.9 Å². The van der Waals surface area contributed by atoms with Gasteiger partial charge in [-0.2, -0.15) is 0 Å². The molecule has 2 aromatic heterocycles. The van der Waals surface area contributed by atoms with Gasteiger partial charge in [0.15, 0.2) is 0 Å². The minimum absolute atomic E-state index is 0.0331. The van der Waals surface area contributed by atoms with E-state index in [4.69, 9.17) is 15.9 Å². The number of pyridine rings is 1. The molecule has 0 fully saturated rings. The summed E-state index contributed by atoms with van der Waals surface area (Å²) in [6, 6.07) is 14.9. The maximum absolute atomic E-state index is 13.2. The summed E-state index contributed by atoms with van der Waals surface area (Å²) in [4.78, 5) is 38.1. The zero-order chi connectivity index (χ0) is 26.4. The molecule has 8 heteroatoms. The Bertz CT molecular complexity index is 1490.